The van der Waals surface area contributed by atoms with Crippen molar-refractivity contribution in [2.45, 2.75) is 16.3 Å². The van der Waals surface area contributed by atoms with E-state index in [1.54, 1.807) is 30.5 Å². The molecular formula is C20H13N5O2S. The van der Waals surface area contributed by atoms with Crippen molar-refractivity contribution < 1.29 is 4.92 Å². The molecular weight excluding hydrogens is 374 g/mol. The number of aromatic nitrogens is 3. The van der Waals surface area contributed by atoms with Crippen molar-refractivity contribution in [1.82, 2.24) is 14.5 Å². The molecule has 0 unspecified atom stereocenters. The molecule has 0 atom stereocenters. The first-order valence-corrected chi connectivity index (χ1v) is 9.14. The van der Waals surface area contributed by atoms with Crippen LogP contribution in [0.15, 0.2) is 77.0 Å². The third-order valence-electron chi connectivity index (χ3n) is 4.22. The fraction of sp³-hybridized carbons (Fsp3) is 0.0500. The summed E-state index contributed by atoms with van der Waals surface area (Å²) in [6.07, 6.45) is 5.12. The lowest BCUT2D eigenvalue weighted by Gasteiger charge is -2.04. The molecule has 4 rings (SSSR count). The van der Waals surface area contributed by atoms with Crippen LogP contribution in [0.2, 0.25) is 0 Å². The van der Waals surface area contributed by atoms with Crippen LogP contribution in [0.25, 0.3) is 15.7 Å². The molecule has 0 saturated heterocycles. The average Bonchev–Trinajstić information content (AvgIpc) is 3.05. The van der Waals surface area contributed by atoms with Gasteiger partial charge < -0.3 is 4.57 Å². The van der Waals surface area contributed by atoms with Gasteiger partial charge in [-0.25, -0.2) is 14.8 Å². The summed E-state index contributed by atoms with van der Waals surface area (Å²) in [6, 6.07) is 14.0. The van der Waals surface area contributed by atoms with Crippen molar-refractivity contribution in [2.75, 3.05) is 0 Å². The zero-order valence-corrected chi connectivity index (χ0v) is 15.3. The molecule has 0 aliphatic heterocycles. The maximum absolute atomic E-state index is 11.3. The van der Waals surface area contributed by atoms with Crippen LogP contribution >= 0.6 is 11.8 Å². The van der Waals surface area contributed by atoms with E-state index < -0.39 is 0 Å². The predicted molar refractivity (Wildman–Crippen MR) is 107 cm³/mol. The van der Waals surface area contributed by atoms with Gasteiger partial charge in [0.25, 0.3) is 5.69 Å². The molecule has 0 aliphatic rings. The molecule has 28 heavy (non-hydrogen) atoms. The van der Waals surface area contributed by atoms with Crippen LogP contribution < -0.4 is 0 Å². The quantitative estimate of drug-likeness (QED) is 0.271. The van der Waals surface area contributed by atoms with Crippen molar-refractivity contribution in [1.29, 1.82) is 0 Å². The van der Waals surface area contributed by atoms with Crippen LogP contribution in [0.4, 0.5) is 11.4 Å². The van der Waals surface area contributed by atoms with Gasteiger partial charge in [-0.3, -0.25) is 10.1 Å². The van der Waals surface area contributed by atoms with Gasteiger partial charge in [-0.1, -0.05) is 36.0 Å². The lowest BCUT2D eigenvalue weighted by molar-refractivity contribution is -0.387. The topological polar surface area (TPSA) is 78.2 Å². The molecule has 136 valence electrons. The monoisotopic (exact) mass is 387 g/mol. The van der Waals surface area contributed by atoms with E-state index in [1.807, 2.05) is 29.0 Å². The number of hydrogen-bond donors (Lipinski definition) is 0. The number of rotatable bonds is 5. The smallest absolute Gasteiger partial charge is 0.283 e. The highest BCUT2D eigenvalue weighted by atomic mass is 32.2. The number of fused-ring (bicyclic) bond motifs is 1. The van der Waals surface area contributed by atoms with E-state index in [0.29, 0.717) is 17.1 Å². The van der Waals surface area contributed by atoms with Crippen LogP contribution in [-0.2, 0) is 6.54 Å². The van der Waals surface area contributed by atoms with Crippen molar-refractivity contribution in [3.8, 4) is 0 Å². The van der Waals surface area contributed by atoms with E-state index in [9.17, 15) is 10.1 Å². The van der Waals surface area contributed by atoms with Crippen molar-refractivity contribution in [3.05, 3.63) is 94.5 Å². The van der Waals surface area contributed by atoms with E-state index in [4.69, 9.17) is 6.57 Å². The van der Waals surface area contributed by atoms with Gasteiger partial charge in [0, 0.05) is 34.3 Å². The molecule has 0 bridgehead atoms. The Bertz CT molecular complexity index is 1210. The molecule has 7 nitrogen and oxygen atoms in total. The molecule has 0 amide bonds. The maximum atomic E-state index is 11.3. The predicted octanol–water partition coefficient (Wildman–Crippen LogP) is 5.09. The molecule has 4 aromatic rings. The van der Waals surface area contributed by atoms with Gasteiger partial charge in [0.15, 0.2) is 5.69 Å². The fourth-order valence-electron chi connectivity index (χ4n) is 2.93. The molecule has 0 fully saturated rings. The Morgan fingerprint density at radius 1 is 1.18 bits per heavy atom. The standard InChI is InChI=1S/C20H13N5O2S/c1-21-14-6-7-16-18(10-14)24(11-15-8-9-22-13-23-15)12-20(16)28-19-5-3-2-4-17(19)25(26)27/h2-10,12-13H,11H2. The highest BCUT2D eigenvalue weighted by molar-refractivity contribution is 7.99. The number of nitro groups is 1. The zero-order valence-electron chi connectivity index (χ0n) is 14.5. The Labute approximate surface area is 164 Å². The molecule has 2 heterocycles. The Hall–Kier alpha value is -3.70. The molecule has 2 aromatic carbocycles. The number of benzene rings is 2. The summed E-state index contributed by atoms with van der Waals surface area (Å²) in [6.45, 7) is 7.80. The largest absolute Gasteiger partial charge is 0.341 e. The Balaban J connectivity index is 1.81. The minimum Gasteiger partial charge on any atom is -0.341 e. The number of nitrogens with zero attached hydrogens (tertiary/aromatic N) is 5. The Morgan fingerprint density at radius 2 is 2.04 bits per heavy atom. The lowest BCUT2D eigenvalue weighted by Crippen LogP contribution is -2.00. The first-order valence-electron chi connectivity index (χ1n) is 8.32. The third kappa shape index (κ3) is 3.43. The minimum atomic E-state index is -0.376. The number of hydrogen-bond acceptors (Lipinski definition) is 5. The minimum absolute atomic E-state index is 0.0713. The van der Waals surface area contributed by atoms with E-state index in [0.717, 1.165) is 21.5 Å². The van der Waals surface area contributed by atoms with E-state index >= 15 is 0 Å². The summed E-state index contributed by atoms with van der Waals surface area (Å²) >= 11 is 1.34. The molecule has 2 aromatic heterocycles. The second kappa shape index (κ2) is 7.50. The summed E-state index contributed by atoms with van der Waals surface area (Å²) in [5.74, 6) is 0. The first-order chi connectivity index (χ1) is 13.7. The fourth-order valence-corrected chi connectivity index (χ4v) is 4.02. The number of nitro benzene ring substituents is 1. The molecule has 0 N–H and O–H groups in total. The van der Waals surface area contributed by atoms with Gasteiger partial charge in [0.05, 0.1) is 28.6 Å². The molecule has 8 heteroatoms. The molecule has 0 saturated carbocycles. The van der Waals surface area contributed by atoms with Crippen molar-refractivity contribution in [2.24, 2.45) is 0 Å². The van der Waals surface area contributed by atoms with Gasteiger partial charge >= 0.3 is 0 Å². The highest BCUT2D eigenvalue weighted by Crippen LogP contribution is 2.40. The highest BCUT2D eigenvalue weighted by Gasteiger charge is 2.17. The van der Waals surface area contributed by atoms with Gasteiger partial charge in [-0.15, -0.1) is 0 Å². The normalized spacial score (nSPS) is 10.7. The van der Waals surface area contributed by atoms with Crippen molar-refractivity contribution in [3.63, 3.8) is 0 Å². The lowest BCUT2D eigenvalue weighted by atomic mass is 10.2. The molecule has 0 aliphatic carbocycles. The number of para-hydroxylation sites is 1. The van der Waals surface area contributed by atoms with Crippen LogP contribution in [-0.4, -0.2) is 19.5 Å². The Kier molecular flexibility index (Phi) is 4.74. The maximum Gasteiger partial charge on any atom is 0.283 e. The van der Waals surface area contributed by atoms with Gasteiger partial charge in [-0.05, 0) is 18.2 Å². The van der Waals surface area contributed by atoms with E-state index in [2.05, 4.69) is 14.8 Å². The SMILES string of the molecule is [C-]#[N+]c1ccc2c(Sc3ccccc3[N+](=O)[O-])cn(Cc3ccncn3)c2c1. The summed E-state index contributed by atoms with van der Waals surface area (Å²) in [7, 11) is 0. The third-order valence-corrected chi connectivity index (χ3v) is 5.33. The van der Waals surface area contributed by atoms with E-state index in [-0.39, 0.29) is 10.6 Å². The Morgan fingerprint density at radius 3 is 2.79 bits per heavy atom. The summed E-state index contributed by atoms with van der Waals surface area (Å²) in [5, 5.41) is 12.3. The van der Waals surface area contributed by atoms with Crippen LogP contribution in [0.1, 0.15) is 5.69 Å². The average molecular weight is 387 g/mol. The van der Waals surface area contributed by atoms with E-state index in [1.165, 1.54) is 24.2 Å². The second-order valence-electron chi connectivity index (χ2n) is 5.96. The summed E-state index contributed by atoms with van der Waals surface area (Å²) < 4.78 is 2.00. The van der Waals surface area contributed by atoms with Crippen LogP contribution in [0.3, 0.4) is 0 Å². The summed E-state index contributed by atoms with van der Waals surface area (Å²) in [5.41, 5.74) is 2.33. The van der Waals surface area contributed by atoms with Crippen molar-refractivity contribution >= 4 is 34.0 Å². The first kappa shape index (κ1) is 17.7. The summed E-state index contributed by atoms with van der Waals surface area (Å²) in [4.78, 5) is 24.1. The van der Waals surface area contributed by atoms with Gasteiger partial charge in [-0.2, -0.15) is 0 Å². The van der Waals surface area contributed by atoms with Crippen LogP contribution in [0, 0.1) is 16.7 Å². The zero-order chi connectivity index (χ0) is 19.5. The van der Waals surface area contributed by atoms with Gasteiger partial charge in [0.1, 0.15) is 6.33 Å². The molecule has 0 radical (unpaired) electrons. The second-order valence-corrected chi connectivity index (χ2v) is 7.05. The van der Waals surface area contributed by atoms with Crippen LogP contribution in [0.5, 0.6) is 0 Å². The molecule has 0 spiro atoms. The van der Waals surface area contributed by atoms with Gasteiger partial charge in [0.2, 0.25) is 0 Å².